The second kappa shape index (κ2) is 7.62. The van der Waals surface area contributed by atoms with Gasteiger partial charge in [-0.2, -0.15) is 5.10 Å². The summed E-state index contributed by atoms with van der Waals surface area (Å²) in [4.78, 5) is 11.6. The number of hydrazone groups is 1. The lowest BCUT2D eigenvalue weighted by Crippen LogP contribution is -2.14. The van der Waals surface area contributed by atoms with Crippen molar-refractivity contribution in [2.45, 2.75) is 0 Å². The fourth-order valence-electron chi connectivity index (χ4n) is 1.54. The van der Waals surface area contributed by atoms with E-state index in [4.69, 9.17) is 23.2 Å². The average molecular weight is 319 g/mol. The van der Waals surface area contributed by atoms with Crippen molar-refractivity contribution in [3.8, 4) is 0 Å². The summed E-state index contributed by atoms with van der Waals surface area (Å²) in [6, 6.07) is 14.3. The molecule has 0 saturated carbocycles. The van der Waals surface area contributed by atoms with E-state index in [0.717, 1.165) is 11.1 Å². The first kappa shape index (κ1) is 15.3. The fraction of sp³-hybridized carbons (Fsp3) is 0. The molecule has 0 aromatic heterocycles. The molecule has 2 aromatic carbocycles. The van der Waals surface area contributed by atoms with Gasteiger partial charge in [-0.3, -0.25) is 4.79 Å². The van der Waals surface area contributed by atoms with Gasteiger partial charge >= 0.3 is 0 Å². The largest absolute Gasteiger partial charge is 0.268 e. The van der Waals surface area contributed by atoms with Crippen LogP contribution in [-0.4, -0.2) is 12.1 Å². The summed E-state index contributed by atoms with van der Waals surface area (Å²) in [5.41, 5.74) is 4.10. The summed E-state index contributed by atoms with van der Waals surface area (Å²) in [5, 5.41) is 5.13. The van der Waals surface area contributed by atoms with Gasteiger partial charge in [0, 0.05) is 16.1 Å². The van der Waals surface area contributed by atoms with Gasteiger partial charge in [0.2, 0.25) is 0 Å². The van der Waals surface area contributed by atoms with E-state index in [2.05, 4.69) is 10.5 Å². The first-order chi connectivity index (χ1) is 10.1. The van der Waals surface area contributed by atoms with Crippen LogP contribution >= 0.6 is 23.2 Å². The van der Waals surface area contributed by atoms with Gasteiger partial charge in [-0.05, 0) is 41.5 Å². The molecule has 0 spiro atoms. The van der Waals surface area contributed by atoms with Crippen LogP contribution in [-0.2, 0) is 4.79 Å². The normalized spacial score (nSPS) is 11.1. The Hall–Kier alpha value is -2.10. The number of nitrogens with zero attached hydrogens (tertiary/aromatic N) is 1. The van der Waals surface area contributed by atoms with Crippen LogP contribution in [0, 0.1) is 0 Å². The second-order valence-electron chi connectivity index (χ2n) is 4.17. The molecule has 0 bridgehead atoms. The first-order valence-electron chi connectivity index (χ1n) is 6.16. The summed E-state index contributed by atoms with van der Waals surface area (Å²) >= 11 is 11.6. The minimum atomic E-state index is -0.316. The van der Waals surface area contributed by atoms with Crippen LogP contribution in [0.25, 0.3) is 6.08 Å². The lowest BCUT2D eigenvalue weighted by atomic mass is 10.2. The quantitative estimate of drug-likeness (QED) is 0.513. The number of hydrogen-bond donors (Lipinski definition) is 1. The Kier molecular flexibility index (Phi) is 5.55. The summed E-state index contributed by atoms with van der Waals surface area (Å²) in [6.07, 6.45) is 4.61. The SMILES string of the molecule is O=C(/C=C/c1ccc(Cl)cc1)N/N=C\c1cccc(Cl)c1. The number of rotatable bonds is 4. The van der Waals surface area contributed by atoms with Crippen molar-refractivity contribution in [3.05, 3.63) is 75.8 Å². The van der Waals surface area contributed by atoms with Crippen LogP contribution in [0.15, 0.2) is 59.7 Å². The van der Waals surface area contributed by atoms with E-state index in [9.17, 15) is 4.79 Å². The van der Waals surface area contributed by atoms with Crippen molar-refractivity contribution < 1.29 is 4.79 Å². The maximum atomic E-state index is 11.6. The van der Waals surface area contributed by atoms with E-state index >= 15 is 0 Å². The average Bonchev–Trinajstić information content (AvgIpc) is 2.47. The van der Waals surface area contributed by atoms with Gasteiger partial charge in [-0.15, -0.1) is 0 Å². The van der Waals surface area contributed by atoms with Gasteiger partial charge in [0.25, 0.3) is 5.91 Å². The van der Waals surface area contributed by atoms with Crippen molar-refractivity contribution in [1.82, 2.24) is 5.43 Å². The molecule has 106 valence electrons. The van der Waals surface area contributed by atoms with Crippen molar-refractivity contribution in [1.29, 1.82) is 0 Å². The molecule has 3 nitrogen and oxygen atoms in total. The number of carbonyl (C=O) groups is 1. The molecule has 0 saturated heterocycles. The van der Waals surface area contributed by atoms with Crippen LogP contribution in [0.1, 0.15) is 11.1 Å². The summed E-state index contributed by atoms with van der Waals surface area (Å²) in [7, 11) is 0. The third-order valence-corrected chi connectivity index (χ3v) is 3.02. The molecule has 0 aliphatic rings. The molecule has 0 radical (unpaired) electrons. The Balaban J connectivity index is 1.88. The van der Waals surface area contributed by atoms with Gasteiger partial charge in [0.05, 0.1) is 6.21 Å². The highest BCUT2D eigenvalue weighted by Crippen LogP contribution is 2.10. The summed E-state index contributed by atoms with van der Waals surface area (Å²) in [5.74, 6) is -0.316. The molecule has 1 amide bonds. The van der Waals surface area contributed by atoms with E-state index in [-0.39, 0.29) is 5.91 Å². The number of carbonyl (C=O) groups excluding carboxylic acids is 1. The molecule has 0 atom stereocenters. The molecule has 21 heavy (non-hydrogen) atoms. The van der Waals surface area contributed by atoms with Gasteiger partial charge in [0.1, 0.15) is 0 Å². The molecule has 5 heteroatoms. The monoisotopic (exact) mass is 318 g/mol. The topological polar surface area (TPSA) is 41.5 Å². The number of nitrogens with one attached hydrogen (secondary N) is 1. The highest BCUT2D eigenvalue weighted by atomic mass is 35.5. The Labute approximate surface area is 132 Å². The Morgan fingerprint density at radius 3 is 2.48 bits per heavy atom. The molecular formula is C16H12Cl2N2O. The van der Waals surface area contributed by atoms with E-state index in [1.54, 1.807) is 30.3 Å². The standard InChI is InChI=1S/C16H12Cl2N2O/c17-14-7-4-12(5-8-14)6-9-16(21)20-19-11-13-2-1-3-15(18)10-13/h1-11H,(H,20,21)/b9-6+,19-11-. The summed E-state index contributed by atoms with van der Waals surface area (Å²) in [6.45, 7) is 0. The number of halogens is 2. The van der Waals surface area contributed by atoms with Gasteiger partial charge in [0.15, 0.2) is 0 Å². The molecule has 0 unspecified atom stereocenters. The Bertz CT molecular complexity index is 679. The Morgan fingerprint density at radius 1 is 1.00 bits per heavy atom. The molecule has 1 N–H and O–H groups in total. The predicted molar refractivity (Wildman–Crippen MR) is 87.7 cm³/mol. The van der Waals surface area contributed by atoms with E-state index in [1.165, 1.54) is 12.3 Å². The Morgan fingerprint density at radius 2 is 1.76 bits per heavy atom. The highest BCUT2D eigenvalue weighted by Gasteiger charge is 1.94. The predicted octanol–water partition coefficient (Wildman–Crippen LogP) is 4.16. The molecular weight excluding hydrogens is 307 g/mol. The molecule has 2 aromatic rings. The number of benzene rings is 2. The van der Waals surface area contributed by atoms with Gasteiger partial charge in [-0.1, -0.05) is 47.5 Å². The van der Waals surface area contributed by atoms with Gasteiger partial charge < -0.3 is 0 Å². The van der Waals surface area contributed by atoms with Crippen LogP contribution in [0.5, 0.6) is 0 Å². The van der Waals surface area contributed by atoms with E-state index < -0.39 is 0 Å². The minimum absolute atomic E-state index is 0.316. The number of hydrogen-bond acceptors (Lipinski definition) is 2. The molecule has 0 fully saturated rings. The maximum absolute atomic E-state index is 11.6. The zero-order valence-corrected chi connectivity index (χ0v) is 12.5. The first-order valence-corrected chi connectivity index (χ1v) is 6.91. The molecule has 2 rings (SSSR count). The highest BCUT2D eigenvalue weighted by molar-refractivity contribution is 6.31. The van der Waals surface area contributed by atoms with Crippen LogP contribution in [0.3, 0.4) is 0 Å². The van der Waals surface area contributed by atoms with Crippen molar-refractivity contribution in [3.63, 3.8) is 0 Å². The third-order valence-electron chi connectivity index (χ3n) is 2.53. The lowest BCUT2D eigenvalue weighted by Gasteiger charge is -1.96. The van der Waals surface area contributed by atoms with Crippen molar-refractivity contribution >= 4 is 41.4 Å². The lowest BCUT2D eigenvalue weighted by molar-refractivity contribution is -0.116. The summed E-state index contributed by atoms with van der Waals surface area (Å²) < 4.78 is 0. The smallest absolute Gasteiger partial charge is 0.264 e. The third kappa shape index (κ3) is 5.42. The second-order valence-corrected chi connectivity index (χ2v) is 5.05. The van der Waals surface area contributed by atoms with E-state index in [1.807, 2.05) is 24.3 Å². The van der Waals surface area contributed by atoms with Crippen molar-refractivity contribution in [2.24, 2.45) is 5.10 Å². The molecule has 0 aliphatic heterocycles. The van der Waals surface area contributed by atoms with E-state index in [0.29, 0.717) is 10.0 Å². The van der Waals surface area contributed by atoms with Crippen LogP contribution < -0.4 is 5.43 Å². The number of amides is 1. The zero-order chi connectivity index (χ0) is 15.1. The fourth-order valence-corrected chi connectivity index (χ4v) is 1.87. The molecule has 0 heterocycles. The minimum Gasteiger partial charge on any atom is -0.268 e. The zero-order valence-electron chi connectivity index (χ0n) is 11.0. The molecule has 0 aliphatic carbocycles. The van der Waals surface area contributed by atoms with Gasteiger partial charge in [-0.25, -0.2) is 5.43 Å². The van der Waals surface area contributed by atoms with Crippen molar-refractivity contribution in [2.75, 3.05) is 0 Å². The van der Waals surface area contributed by atoms with Crippen LogP contribution in [0.2, 0.25) is 10.0 Å². The maximum Gasteiger partial charge on any atom is 0.264 e. The van der Waals surface area contributed by atoms with Crippen LogP contribution in [0.4, 0.5) is 0 Å².